The van der Waals surface area contributed by atoms with Gasteiger partial charge in [-0.25, -0.2) is 0 Å². The predicted molar refractivity (Wildman–Crippen MR) is 44.9 cm³/mol. The second-order valence-corrected chi connectivity index (χ2v) is 4.11. The molecule has 0 saturated heterocycles. The highest BCUT2D eigenvalue weighted by atomic mass is 16.3. The maximum Gasteiger partial charge on any atom is 0.0645 e. The van der Waals surface area contributed by atoms with Crippen LogP contribution in [0, 0.1) is 11.8 Å². The van der Waals surface area contributed by atoms with E-state index in [2.05, 4.69) is 27.7 Å². The van der Waals surface area contributed by atoms with Crippen LogP contribution in [0.25, 0.3) is 0 Å². The van der Waals surface area contributed by atoms with Gasteiger partial charge in [-0.15, -0.1) is 0 Å². The summed E-state index contributed by atoms with van der Waals surface area (Å²) in [7, 11) is 0. The molecule has 0 aliphatic carbocycles. The molecule has 0 bridgehead atoms. The van der Waals surface area contributed by atoms with Crippen molar-refractivity contribution in [2.24, 2.45) is 11.8 Å². The standard InChI is InChI=1S/C9H20O/c1-7(2)6-9(5,10)8(3)4/h7-8,10H,6H2,1-5H3. The molecular formula is C9H20O. The predicted octanol–water partition coefficient (Wildman–Crippen LogP) is 2.44. The van der Waals surface area contributed by atoms with Crippen molar-refractivity contribution in [3.05, 3.63) is 0 Å². The number of rotatable bonds is 3. The first kappa shape index (κ1) is 9.96. The molecule has 1 heteroatoms. The summed E-state index contributed by atoms with van der Waals surface area (Å²) in [5, 5.41) is 9.76. The van der Waals surface area contributed by atoms with Gasteiger partial charge in [0.1, 0.15) is 0 Å². The molecule has 0 heterocycles. The molecule has 0 aromatic heterocycles. The summed E-state index contributed by atoms with van der Waals surface area (Å²) < 4.78 is 0. The van der Waals surface area contributed by atoms with E-state index in [-0.39, 0.29) is 0 Å². The van der Waals surface area contributed by atoms with Crippen molar-refractivity contribution >= 4 is 0 Å². The third-order valence-electron chi connectivity index (χ3n) is 2.07. The van der Waals surface area contributed by atoms with E-state index in [0.717, 1.165) is 6.42 Å². The molecule has 1 nitrogen and oxygen atoms in total. The average molecular weight is 144 g/mol. The Bertz CT molecular complexity index is 92.9. The molecular weight excluding hydrogens is 124 g/mol. The number of aliphatic hydroxyl groups is 1. The van der Waals surface area contributed by atoms with E-state index in [4.69, 9.17) is 0 Å². The first-order valence-electron chi connectivity index (χ1n) is 4.08. The van der Waals surface area contributed by atoms with Crippen molar-refractivity contribution < 1.29 is 5.11 Å². The number of hydrogen-bond acceptors (Lipinski definition) is 1. The van der Waals surface area contributed by atoms with Gasteiger partial charge in [-0.2, -0.15) is 0 Å². The van der Waals surface area contributed by atoms with E-state index in [9.17, 15) is 5.11 Å². The second kappa shape index (κ2) is 3.38. The minimum Gasteiger partial charge on any atom is -0.390 e. The van der Waals surface area contributed by atoms with Gasteiger partial charge in [0.05, 0.1) is 5.60 Å². The smallest absolute Gasteiger partial charge is 0.0645 e. The van der Waals surface area contributed by atoms with Crippen LogP contribution in [0.1, 0.15) is 41.0 Å². The van der Waals surface area contributed by atoms with Crippen molar-refractivity contribution in [2.45, 2.75) is 46.6 Å². The minimum atomic E-state index is -0.478. The molecule has 1 N–H and O–H groups in total. The maximum atomic E-state index is 9.76. The molecule has 0 saturated carbocycles. The maximum absolute atomic E-state index is 9.76. The highest BCUT2D eigenvalue weighted by Gasteiger charge is 2.25. The Labute approximate surface area is 64.5 Å². The first-order chi connectivity index (χ1) is 4.36. The second-order valence-electron chi connectivity index (χ2n) is 4.11. The zero-order valence-corrected chi connectivity index (χ0v) is 7.81. The summed E-state index contributed by atoms with van der Waals surface area (Å²) in [5.74, 6) is 0.937. The summed E-state index contributed by atoms with van der Waals surface area (Å²) in [6.45, 7) is 10.3. The van der Waals surface area contributed by atoms with Crippen LogP contribution in [0.15, 0.2) is 0 Å². The summed E-state index contributed by atoms with van der Waals surface area (Å²) in [6.07, 6.45) is 0.894. The van der Waals surface area contributed by atoms with Crippen LogP contribution in [-0.4, -0.2) is 10.7 Å². The lowest BCUT2D eigenvalue weighted by molar-refractivity contribution is -0.00532. The van der Waals surface area contributed by atoms with Gasteiger partial charge in [-0.05, 0) is 25.2 Å². The molecule has 10 heavy (non-hydrogen) atoms. The molecule has 0 fully saturated rings. The molecule has 0 aliphatic rings. The lowest BCUT2D eigenvalue weighted by Gasteiger charge is -2.29. The summed E-state index contributed by atoms with van der Waals surface area (Å²) in [6, 6.07) is 0. The van der Waals surface area contributed by atoms with Crippen LogP contribution in [0.4, 0.5) is 0 Å². The zero-order valence-electron chi connectivity index (χ0n) is 7.81. The van der Waals surface area contributed by atoms with Crippen molar-refractivity contribution in [1.29, 1.82) is 0 Å². The summed E-state index contributed by atoms with van der Waals surface area (Å²) >= 11 is 0. The van der Waals surface area contributed by atoms with Crippen LogP contribution in [0.3, 0.4) is 0 Å². The Morgan fingerprint density at radius 2 is 1.60 bits per heavy atom. The molecule has 62 valence electrons. The fraction of sp³-hybridized carbons (Fsp3) is 1.00. The van der Waals surface area contributed by atoms with Gasteiger partial charge in [-0.3, -0.25) is 0 Å². The largest absolute Gasteiger partial charge is 0.390 e. The molecule has 0 aromatic carbocycles. The van der Waals surface area contributed by atoms with Gasteiger partial charge in [0, 0.05) is 0 Å². The molecule has 0 radical (unpaired) electrons. The molecule has 1 atom stereocenters. The Hall–Kier alpha value is -0.0400. The van der Waals surface area contributed by atoms with Crippen LogP contribution in [-0.2, 0) is 0 Å². The van der Waals surface area contributed by atoms with Crippen LogP contribution >= 0.6 is 0 Å². The lowest BCUT2D eigenvalue weighted by Crippen LogP contribution is -2.32. The summed E-state index contributed by atoms with van der Waals surface area (Å²) in [5.41, 5.74) is -0.478. The molecule has 0 rings (SSSR count). The van der Waals surface area contributed by atoms with Crippen molar-refractivity contribution in [1.82, 2.24) is 0 Å². The third kappa shape index (κ3) is 3.21. The van der Waals surface area contributed by atoms with Gasteiger partial charge < -0.3 is 5.11 Å². The van der Waals surface area contributed by atoms with E-state index >= 15 is 0 Å². The quantitative estimate of drug-likeness (QED) is 0.645. The van der Waals surface area contributed by atoms with E-state index in [1.807, 2.05) is 6.92 Å². The molecule has 0 aromatic rings. The average Bonchev–Trinajstić information content (AvgIpc) is 1.60. The highest BCUT2D eigenvalue weighted by Crippen LogP contribution is 2.23. The topological polar surface area (TPSA) is 20.2 Å². The molecule has 0 spiro atoms. The van der Waals surface area contributed by atoms with Gasteiger partial charge in [0.25, 0.3) is 0 Å². The Morgan fingerprint density at radius 3 is 1.70 bits per heavy atom. The fourth-order valence-electron chi connectivity index (χ4n) is 1.06. The normalized spacial score (nSPS) is 18.0. The van der Waals surface area contributed by atoms with Gasteiger partial charge in [-0.1, -0.05) is 27.7 Å². The van der Waals surface area contributed by atoms with Gasteiger partial charge in [0.15, 0.2) is 0 Å². The van der Waals surface area contributed by atoms with E-state index in [1.54, 1.807) is 0 Å². The molecule has 1 unspecified atom stereocenters. The molecule has 0 amide bonds. The van der Waals surface area contributed by atoms with Crippen LogP contribution in [0.5, 0.6) is 0 Å². The van der Waals surface area contributed by atoms with E-state index in [1.165, 1.54) is 0 Å². The van der Waals surface area contributed by atoms with Crippen molar-refractivity contribution in [3.63, 3.8) is 0 Å². The number of hydrogen-bond donors (Lipinski definition) is 1. The minimum absolute atomic E-state index is 0.356. The molecule has 0 aliphatic heterocycles. The fourth-order valence-corrected chi connectivity index (χ4v) is 1.06. The monoisotopic (exact) mass is 144 g/mol. The SMILES string of the molecule is CC(C)CC(C)(O)C(C)C. The van der Waals surface area contributed by atoms with Crippen LogP contribution < -0.4 is 0 Å². The van der Waals surface area contributed by atoms with E-state index < -0.39 is 5.60 Å². The zero-order chi connectivity index (χ0) is 8.36. The Balaban J connectivity index is 3.87. The van der Waals surface area contributed by atoms with E-state index in [0.29, 0.717) is 11.8 Å². The highest BCUT2D eigenvalue weighted by molar-refractivity contribution is 4.77. The van der Waals surface area contributed by atoms with Gasteiger partial charge in [0.2, 0.25) is 0 Å². The van der Waals surface area contributed by atoms with Gasteiger partial charge >= 0.3 is 0 Å². The van der Waals surface area contributed by atoms with Crippen molar-refractivity contribution in [2.75, 3.05) is 0 Å². The first-order valence-corrected chi connectivity index (χ1v) is 4.08. The Kier molecular flexibility index (Phi) is 3.37. The van der Waals surface area contributed by atoms with Crippen LogP contribution in [0.2, 0.25) is 0 Å². The van der Waals surface area contributed by atoms with Crippen molar-refractivity contribution in [3.8, 4) is 0 Å². The summed E-state index contributed by atoms with van der Waals surface area (Å²) in [4.78, 5) is 0. The lowest BCUT2D eigenvalue weighted by atomic mass is 9.85. The third-order valence-corrected chi connectivity index (χ3v) is 2.07. The Morgan fingerprint density at radius 1 is 1.20 bits per heavy atom.